The zero-order valence-corrected chi connectivity index (χ0v) is 14.0. The van der Waals surface area contributed by atoms with Crippen LogP contribution in [0.5, 0.6) is 0 Å². The Morgan fingerprint density at radius 2 is 2.30 bits per heavy atom. The first-order valence-corrected chi connectivity index (χ1v) is 8.63. The first-order chi connectivity index (χ1) is 9.78. The van der Waals surface area contributed by atoms with E-state index in [2.05, 4.69) is 63.7 Å². The Hall–Kier alpha value is -0.470. The highest BCUT2D eigenvalue weighted by Crippen LogP contribution is 2.35. The second-order valence-electron chi connectivity index (χ2n) is 4.95. The van der Waals surface area contributed by atoms with Gasteiger partial charge in [0.15, 0.2) is 0 Å². The Labute approximate surface area is 136 Å². The van der Waals surface area contributed by atoms with E-state index in [1.165, 1.54) is 19.6 Å². The largest absolute Gasteiger partial charge is 0.373 e. The van der Waals surface area contributed by atoms with Crippen LogP contribution in [0.2, 0.25) is 0 Å². The number of fused-ring (bicyclic) bond motifs is 1. The molecule has 106 valence electrons. The first-order valence-electron chi connectivity index (χ1n) is 6.67. The van der Waals surface area contributed by atoms with Gasteiger partial charge in [-0.3, -0.25) is 11.3 Å². The third kappa shape index (κ3) is 3.07. The van der Waals surface area contributed by atoms with Gasteiger partial charge in [0.1, 0.15) is 0 Å². The van der Waals surface area contributed by atoms with E-state index in [0.29, 0.717) is 0 Å². The van der Waals surface area contributed by atoms with Gasteiger partial charge in [-0.05, 0) is 63.6 Å². The summed E-state index contributed by atoms with van der Waals surface area (Å²) >= 11 is 4.09. The molecule has 1 aliphatic rings. The van der Waals surface area contributed by atoms with Gasteiger partial charge in [-0.2, -0.15) is 0 Å². The molecule has 5 heteroatoms. The molecule has 3 rings (SSSR count). The zero-order chi connectivity index (χ0) is 13.9. The van der Waals surface area contributed by atoms with Crippen LogP contribution in [0.3, 0.4) is 0 Å². The maximum absolute atomic E-state index is 5.97. The van der Waals surface area contributed by atoms with Crippen molar-refractivity contribution in [3.8, 4) is 0 Å². The van der Waals surface area contributed by atoms with Crippen LogP contribution in [0, 0.1) is 2.88 Å². The van der Waals surface area contributed by atoms with Crippen molar-refractivity contribution >= 4 is 33.9 Å². The fraction of sp³-hybridized carbons (Fsp3) is 0.333. The molecular weight excluding hydrogens is 383 g/mol. The predicted molar refractivity (Wildman–Crippen MR) is 90.6 cm³/mol. The highest BCUT2D eigenvalue weighted by atomic mass is 127. The summed E-state index contributed by atoms with van der Waals surface area (Å²) in [7, 11) is 0. The van der Waals surface area contributed by atoms with E-state index in [9.17, 15) is 0 Å². The molecular formula is C15H17IN2OS. The normalized spacial score (nSPS) is 19.6. The number of ether oxygens (including phenoxy) is 1. The third-order valence-corrected chi connectivity index (χ3v) is 5.54. The van der Waals surface area contributed by atoms with Gasteiger partial charge in [-0.25, -0.2) is 0 Å². The maximum atomic E-state index is 5.97. The lowest BCUT2D eigenvalue weighted by atomic mass is 9.92. The van der Waals surface area contributed by atoms with Crippen LogP contribution in [-0.2, 0) is 11.2 Å². The molecule has 2 unspecified atom stereocenters. The van der Waals surface area contributed by atoms with E-state index in [4.69, 9.17) is 10.6 Å². The van der Waals surface area contributed by atoms with Gasteiger partial charge in [-0.1, -0.05) is 24.3 Å². The van der Waals surface area contributed by atoms with Crippen LogP contribution >= 0.6 is 33.9 Å². The van der Waals surface area contributed by atoms with Gasteiger partial charge in [-0.15, -0.1) is 11.3 Å². The Balaban J connectivity index is 1.80. The third-order valence-electron chi connectivity index (χ3n) is 3.73. The van der Waals surface area contributed by atoms with Crippen LogP contribution in [0.1, 0.15) is 35.3 Å². The second kappa shape index (κ2) is 6.53. The van der Waals surface area contributed by atoms with E-state index in [-0.39, 0.29) is 12.1 Å². The average molecular weight is 400 g/mol. The number of hydrogen-bond acceptors (Lipinski definition) is 4. The number of hydrogen-bond donors (Lipinski definition) is 2. The number of halogens is 1. The predicted octanol–water partition coefficient (Wildman–Crippen LogP) is 3.56. The Bertz CT molecular complexity index is 587. The second-order valence-corrected chi connectivity index (χ2v) is 7.75. The quantitative estimate of drug-likeness (QED) is 0.469. The Morgan fingerprint density at radius 3 is 3.05 bits per heavy atom. The van der Waals surface area contributed by atoms with Crippen molar-refractivity contribution < 1.29 is 4.74 Å². The van der Waals surface area contributed by atoms with Crippen LogP contribution < -0.4 is 11.3 Å². The van der Waals surface area contributed by atoms with Gasteiger partial charge < -0.3 is 4.74 Å². The van der Waals surface area contributed by atoms with Gasteiger partial charge in [0, 0.05) is 6.04 Å². The number of hydrazine groups is 1. The Morgan fingerprint density at radius 1 is 1.45 bits per heavy atom. The standard InChI is InChI=1S/C15H17IN2OS/c16-15-7-11(9-20-15)13(18-17)8-14-12-4-2-1-3-10(12)5-6-19-14/h1-4,7,9,13-14,18H,5-6,8,17H2. The lowest BCUT2D eigenvalue weighted by Crippen LogP contribution is -2.30. The van der Waals surface area contributed by atoms with Gasteiger partial charge in [0.05, 0.1) is 15.6 Å². The summed E-state index contributed by atoms with van der Waals surface area (Å²) < 4.78 is 7.25. The molecule has 0 fully saturated rings. The van der Waals surface area contributed by atoms with Gasteiger partial charge in [0.25, 0.3) is 0 Å². The number of benzene rings is 1. The number of rotatable bonds is 4. The molecule has 0 bridgehead atoms. The molecule has 1 aromatic heterocycles. The van der Waals surface area contributed by atoms with E-state index in [1.54, 1.807) is 11.3 Å². The molecule has 1 aromatic carbocycles. The van der Waals surface area contributed by atoms with Crippen LogP contribution in [-0.4, -0.2) is 6.61 Å². The topological polar surface area (TPSA) is 47.3 Å². The monoisotopic (exact) mass is 400 g/mol. The molecule has 2 heterocycles. The van der Waals surface area contributed by atoms with Crippen molar-refractivity contribution in [3.05, 3.63) is 55.3 Å². The zero-order valence-electron chi connectivity index (χ0n) is 11.0. The van der Waals surface area contributed by atoms with Gasteiger partial charge >= 0.3 is 0 Å². The van der Waals surface area contributed by atoms with Crippen LogP contribution in [0.25, 0.3) is 0 Å². The fourth-order valence-electron chi connectivity index (χ4n) is 2.69. The molecule has 2 atom stereocenters. The van der Waals surface area contributed by atoms with Crippen molar-refractivity contribution in [2.45, 2.75) is 25.0 Å². The lowest BCUT2D eigenvalue weighted by Gasteiger charge is -2.29. The van der Waals surface area contributed by atoms with E-state index in [0.717, 1.165) is 19.4 Å². The van der Waals surface area contributed by atoms with Crippen molar-refractivity contribution in [2.75, 3.05) is 6.61 Å². The molecule has 0 amide bonds. The van der Waals surface area contributed by atoms with E-state index in [1.807, 2.05) is 0 Å². The summed E-state index contributed by atoms with van der Waals surface area (Å²) in [5, 5.41) is 2.17. The molecule has 0 spiro atoms. The Kier molecular flexibility index (Phi) is 4.72. The average Bonchev–Trinajstić information content (AvgIpc) is 2.91. The smallest absolute Gasteiger partial charge is 0.0846 e. The molecule has 0 aliphatic carbocycles. The molecule has 1 aliphatic heterocycles. The highest BCUT2D eigenvalue weighted by Gasteiger charge is 2.24. The van der Waals surface area contributed by atoms with Crippen LogP contribution in [0.15, 0.2) is 35.7 Å². The number of nitrogens with two attached hydrogens (primary N) is 1. The van der Waals surface area contributed by atoms with Crippen molar-refractivity contribution in [2.24, 2.45) is 5.84 Å². The first kappa shape index (κ1) is 14.5. The summed E-state index contributed by atoms with van der Waals surface area (Å²) in [5.41, 5.74) is 6.89. The summed E-state index contributed by atoms with van der Waals surface area (Å²) in [6.07, 6.45) is 1.99. The van der Waals surface area contributed by atoms with Crippen molar-refractivity contribution in [3.63, 3.8) is 0 Å². The maximum Gasteiger partial charge on any atom is 0.0846 e. The summed E-state index contributed by atoms with van der Waals surface area (Å²) in [6.45, 7) is 0.792. The van der Waals surface area contributed by atoms with Crippen molar-refractivity contribution in [1.82, 2.24) is 5.43 Å². The minimum atomic E-state index is 0.124. The van der Waals surface area contributed by atoms with E-state index >= 15 is 0 Å². The fourth-order valence-corrected chi connectivity index (χ4v) is 4.12. The molecule has 20 heavy (non-hydrogen) atoms. The number of nitrogens with one attached hydrogen (secondary N) is 1. The van der Waals surface area contributed by atoms with Crippen LogP contribution in [0.4, 0.5) is 0 Å². The highest BCUT2D eigenvalue weighted by molar-refractivity contribution is 14.1. The van der Waals surface area contributed by atoms with E-state index < -0.39 is 0 Å². The molecule has 0 saturated carbocycles. The van der Waals surface area contributed by atoms with Crippen molar-refractivity contribution in [1.29, 1.82) is 0 Å². The molecule has 0 saturated heterocycles. The summed E-state index contributed by atoms with van der Waals surface area (Å²) in [4.78, 5) is 0. The summed E-state index contributed by atoms with van der Waals surface area (Å²) in [5.74, 6) is 5.75. The van der Waals surface area contributed by atoms with Gasteiger partial charge in [0.2, 0.25) is 0 Å². The molecule has 3 nitrogen and oxygen atoms in total. The molecule has 0 radical (unpaired) electrons. The molecule has 2 aromatic rings. The molecule has 3 N–H and O–H groups in total. The minimum Gasteiger partial charge on any atom is -0.373 e. The number of thiophene rings is 1. The lowest BCUT2D eigenvalue weighted by molar-refractivity contribution is 0.0293. The SMILES string of the molecule is NNC(CC1OCCc2ccccc21)c1csc(I)c1. The minimum absolute atomic E-state index is 0.124. The summed E-state index contributed by atoms with van der Waals surface area (Å²) in [6, 6.07) is 10.9.